The van der Waals surface area contributed by atoms with Crippen molar-refractivity contribution in [3.05, 3.63) is 23.8 Å². The monoisotopic (exact) mass is 304 g/mol. The summed E-state index contributed by atoms with van der Waals surface area (Å²) < 4.78 is 10.5. The molecule has 0 spiro atoms. The Morgan fingerprint density at radius 3 is 2.86 bits per heavy atom. The number of rotatable bonds is 3. The number of nitrogens with one attached hydrogen (secondary N) is 2. The van der Waals surface area contributed by atoms with Crippen LogP contribution in [-0.4, -0.2) is 38.2 Å². The van der Waals surface area contributed by atoms with Crippen LogP contribution in [0.1, 0.15) is 30.7 Å². The summed E-state index contributed by atoms with van der Waals surface area (Å²) >= 11 is 0. The van der Waals surface area contributed by atoms with E-state index < -0.39 is 5.92 Å². The van der Waals surface area contributed by atoms with Crippen LogP contribution in [0.4, 0.5) is 5.69 Å². The molecule has 1 fully saturated rings. The van der Waals surface area contributed by atoms with Gasteiger partial charge >= 0.3 is 0 Å². The largest absolute Gasteiger partial charge is 0.497 e. The van der Waals surface area contributed by atoms with Gasteiger partial charge in [0.25, 0.3) is 0 Å². The highest BCUT2D eigenvalue weighted by molar-refractivity contribution is 6.01. The number of benzene rings is 1. The van der Waals surface area contributed by atoms with Gasteiger partial charge in [-0.3, -0.25) is 9.59 Å². The Balaban J connectivity index is 1.80. The number of anilines is 1. The molecule has 0 aromatic heterocycles. The lowest BCUT2D eigenvalue weighted by Crippen LogP contribution is -2.43. The molecule has 1 saturated heterocycles. The maximum atomic E-state index is 12.6. The van der Waals surface area contributed by atoms with Crippen molar-refractivity contribution in [2.24, 2.45) is 0 Å². The summed E-state index contributed by atoms with van der Waals surface area (Å²) in [6.07, 6.45) is 1.79. The Bertz CT molecular complexity index is 582. The lowest BCUT2D eigenvalue weighted by atomic mass is 9.89. The second kappa shape index (κ2) is 6.36. The van der Waals surface area contributed by atoms with Gasteiger partial charge in [0.1, 0.15) is 5.75 Å². The number of amides is 2. The van der Waals surface area contributed by atoms with Crippen molar-refractivity contribution in [3.63, 3.8) is 0 Å². The first-order valence-corrected chi connectivity index (χ1v) is 7.53. The van der Waals surface area contributed by atoms with E-state index in [1.807, 2.05) is 6.07 Å². The first-order chi connectivity index (χ1) is 10.7. The molecule has 1 atom stereocenters. The molecule has 118 valence electrons. The smallest absolute Gasteiger partial charge is 0.228 e. The quantitative estimate of drug-likeness (QED) is 0.885. The van der Waals surface area contributed by atoms with Crippen LogP contribution in [0.3, 0.4) is 0 Å². The molecule has 3 rings (SSSR count). The Labute approximate surface area is 129 Å². The van der Waals surface area contributed by atoms with Gasteiger partial charge in [-0.2, -0.15) is 0 Å². The Hall–Kier alpha value is -2.08. The first kappa shape index (κ1) is 14.8. The molecule has 2 aliphatic rings. The topological polar surface area (TPSA) is 76.7 Å². The predicted octanol–water partition coefficient (Wildman–Crippen LogP) is 1.42. The Morgan fingerprint density at radius 1 is 1.36 bits per heavy atom. The van der Waals surface area contributed by atoms with Crippen LogP contribution in [-0.2, 0) is 14.3 Å². The zero-order valence-electron chi connectivity index (χ0n) is 12.6. The first-order valence-electron chi connectivity index (χ1n) is 7.53. The molecule has 0 saturated carbocycles. The minimum Gasteiger partial charge on any atom is -0.497 e. The van der Waals surface area contributed by atoms with E-state index in [1.165, 1.54) is 0 Å². The van der Waals surface area contributed by atoms with Crippen molar-refractivity contribution in [1.82, 2.24) is 5.32 Å². The number of hydrogen-bond acceptors (Lipinski definition) is 4. The minimum absolute atomic E-state index is 0.101. The second-order valence-corrected chi connectivity index (χ2v) is 5.65. The molecule has 22 heavy (non-hydrogen) atoms. The molecule has 6 heteroatoms. The van der Waals surface area contributed by atoms with Crippen molar-refractivity contribution in [2.75, 3.05) is 25.6 Å². The van der Waals surface area contributed by atoms with E-state index in [9.17, 15) is 9.59 Å². The average Bonchev–Trinajstić information content (AvgIpc) is 2.54. The highest BCUT2D eigenvalue weighted by atomic mass is 16.5. The van der Waals surface area contributed by atoms with E-state index >= 15 is 0 Å². The van der Waals surface area contributed by atoms with E-state index in [1.54, 1.807) is 19.2 Å². The van der Waals surface area contributed by atoms with Gasteiger partial charge in [0, 0.05) is 31.4 Å². The van der Waals surface area contributed by atoms with Crippen LogP contribution in [0.25, 0.3) is 0 Å². The Kier molecular flexibility index (Phi) is 4.29. The summed E-state index contributed by atoms with van der Waals surface area (Å²) in [6, 6.07) is 5.50. The molecule has 0 aliphatic carbocycles. The minimum atomic E-state index is -0.471. The van der Waals surface area contributed by atoms with E-state index in [2.05, 4.69) is 10.6 Å². The number of fused-ring (bicyclic) bond motifs is 1. The van der Waals surface area contributed by atoms with Gasteiger partial charge in [-0.15, -0.1) is 0 Å². The third-order valence-corrected chi connectivity index (χ3v) is 4.18. The molecule has 0 radical (unpaired) electrons. The van der Waals surface area contributed by atoms with E-state index in [-0.39, 0.29) is 24.3 Å². The zero-order chi connectivity index (χ0) is 15.5. The van der Waals surface area contributed by atoms with Crippen LogP contribution in [0, 0.1) is 0 Å². The summed E-state index contributed by atoms with van der Waals surface area (Å²) in [7, 11) is 1.58. The molecule has 2 heterocycles. The highest BCUT2D eigenvalue weighted by Gasteiger charge is 2.32. The fourth-order valence-electron chi connectivity index (χ4n) is 2.94. The molecule has 0 bridgehead atoms. The standard InChI is InChI=1S/C16H20N2O4/c1-21-11-2-3-14-12(8-11)13(9-15(19)18-14)16(20)17-10-4-6-22-7-5-10/h2-3,8,10,13H,4-7,9H2,1H3,(H,17,20)(H,18,19). The van der Waals surface area contributed by atoms with Crippen molar-refractivity contribution < 1.29 is 19.1 Å². The second-order valence-electron chi connectivity index (χ2n) is 5.65. The fourth-order valence-corrected chi connectivity index (χ4v) is 2.94. The molecule has 1 aromatic rings. The van der Waals surface area contributed by atoms with Gasteiger partial charge in [0.2, 0.25) is 11.8 Å². The van der Waals surface area contributed by atoms with Gasteiger partial charge in [-0.25, -0.2) is 0 Å². The summed E-state index contributed by atoms with van der Waals surface area (Å²) in [4.78, 5) is 24.4. The number of ether oxygens (including phenoxy) is 2. The van der Waals surface area contributed by atoms with Gasteiger partial charge in [-0.1, -0.05) is 0 Å². The van der Waals surface area contributed by atoms with Crippen molar-refractivity contribution in [3.8, 4) is 5.75 Å². The summed E-state index contributed by atoms with van der Waals surface area (Å²) in [5.41, 5.74) is 1.49. The van der Waals surface area contributed by atoms with Crippen LogP contribution >= 0.6 is 0 Å². The zero-order valence-corrected chi connectivity index (χ0v) is 12.6. The number of carbonyl (C=O) groups excluding carboxylic acids is 2. The normalized spacial score (nSPS) is 21.7. The number of carbonyl (C=O) groups is 2. The molecule has 2 amide bonds. The third-order valence-electron chi connectivity index (χ3n) is 4.18. The lowest BCUT2D eigenvalue weighted by Gasteiger charge is -2.29. The number of methoxy groups -OCH3 is 1. The van der Waals surface area contributed by atoms with Crippen molar-refractivity contribution in [1.29, 1.82) is 0 Å². The average molecular weight is 304 g/mol. The van der Waals surface area contributed by atoms with E-state index in [4.69, 9.17) is 9.47 Å². The van der Waals surface area contributed by atoms with Gasteiger partial charge < -0.3 is 20.1 Å². The van der Waals surface area contributed by atoms with E-state index in [0.717, 1.165) is 18.4 Å². The summed E-state index contributed by atoms with van der Waals surface area (Å²) in [5.74, 6) is -0.0264. The lowest BCUT2D eigenvalue weighted by molar-refractivity contribution is -0.127. The highest BCUT2D eigenvalue weighted by Crippen LogP contribution is 2.35. The third kappa shape index (κ3) is 3.06. The van der Waals surface area contributed by atoms with Gasteiger partial charge in [0.05, 0.1) is 13.0 Å². The molecule has 1 aromatic carbocycles. The molecular weight excluding hydrogens is 284 g/mol. The van der Waals surface area contributed by atoms with E-state index in [0.29, 0.717) is 24.7 Å². The van der Waals surface area contributed by atoms with Crippen LogP contribution < -0.4 is 15.4 Å². The molecule has 1 unspecified atom stereocenters. The molecule has 6 nitrogen and oxygen atoms in total. The van der Waals surface area contributed by atoms with Gasteiger partial charge in [0.15, 0.2) is 0 Å². The Morgan fingerprint density at radius 2 is 2.14 bits per heavy atom. The van der Waals surface area contributed by atoms with Crippen LogP contribution in [0.15, 0.2) is 18.2 Å². The summed E-state index contributed by atoms with van der Waals surface area (Å²) in [6.45, 7) is 1.33. The van der Waals surface area contributed by atoms with Crippen molar-refractivity contribution in [2.45, 2.75) is 31.2 Å². The van der Waals surface area contributed by atoms with Crippen LogP contribution in [0.5, 0.6) is 5.75 Å². The summed E-state index contributed by atoms with van der Waals surface area (Å²) in [5, 5.41) is 5.85. The molecule has 2 N–H and O–H groups in total. The SMILES string of the molecule is COc1ccc2c(c1)C(C(=O)NC1CCOCC1)CC(=O)N2. The maximum absolute atomic E-state index is 12.6. The fraction of sp³-hybridized carbons (Fsp3) is 0.500. The number of hydrogen-bond donors (Lipinski definition) is 2. The predicted molar refractivity (Wildman–Crippen MR) is 81.0 cm³/mol. The molecule has 2 aliphatic heterocycles. The van der Waals surface area contributed by atoms with Gasteiger partial charge in [-0.05, 0) is 36.6 Å². The van der Waals surface area contributed by atoms with Crippen molar-refractivity contribution >= 4 is 17.5 Å². The maximum Gasteiger partial charge on any atom is 0.228 e. The molecular formula is C16H20N2O4. The van der Waals surface area contributed by atoms with Crippen LogP contribution in [0.2, 0.25) is 0 Å².